The molecule has 1 N–H and O–H groups in total. The maximum Gasteiger partial charge on any atom is 0.125 e. The van der Waals surface area contributed by atoms with Gasteiger partial charge in [0.25, 0.3) is 0 Å². The number of benzene rings is 4. The minimum absolute atomic E-state index is 0.0850. The molecule has 1 aliphatic heterocycles. The number of hydrogen-bond donors (Lipinski definition) is 1. The lowest BCUT2D eigenvalue weighted by Gasteiger charge is -2.29. The quantitative estimate of drug-likeness (QED) is 0.309. The van der Waals surface area contributed by atoms with Crippen LogP contribution in [0.3, 0.4) is 0 Å². The van der Waals surface area contributed by atoms with Crippen molar-refractivity contribution < 1.29 is 13.9 Å². The van der Waals surface area contributed by atoms with E-state index in [1.54, 1.807) is 19.2 Å². The minimum atomic E-state index is -0.221. The number of hydrogen-bond acceptors (Lipinski definition) is 4. The summed E-state index contributed by atoms with van der Waals surface area (Å²) in [7, 11) is 1.69. The molecule has 0 saturated carbocycles. The van der Waals surface area contributed by atoms with Crippen LogP contribution < -0.4 is 15.0 Å². The molecule has 36 heavy (non-hydrogen) atoms. The van der Waals surface area contributed by atoms with Gasteiger partial charge >= 0.3 is 0 Å². The smallest absolute Gasteiger partial charge is 0.125 e. The highest BCUT2D eigenvalue weighted by molar-refractivity contribution is 5.97. The molecule has 186 valence electrons. The molecule has 0 radical (unpaired) electrons. The Morgan fingerprint density at radius 3 is 2.44 bits per heavy atom. The van der Waals surface area contributed by atoms with E-state index >= 15 is 0 Å². The lowest BCUT2D eigenvalue weighted by Crippen LogP contribution is -2.36. The van der Waals surface area contributed by atoms with E-state index in [-0.39, 0.29) is 17.9 Å². The molecule has 0 spiro atoms. The first-order chi connectivity index (χ1) is 17.5. The molecule has 5 rings (SSSR count). The Hall–Kier alpha value is -3.41. The molecule has 1 aliphatic rings. The number of methoxy groups -OCH3 is 1. The van der Waals surface area contributed by atoms with Crippen molar-refractivity contribution in [2.75, 3.05) is 38.3 Å². The molecule has 0 aromatic heterocycles. The van der Waals surface area contributed by atoms with E-state index in [0.717, 1.165) is 52.0 Å². The Morgan fingerprint density at radius 1 is 0.861 bits per heavy atom. The van der Waals surface area contributed by atoms with E-state index in [0.29, 0.717) is 13.2 Å². The fraction of sp³-hybridized carbons (Fsp3) is 0.290. The van der Waals surface area contributed by atoms with Gasteiger partial charge in [-0.05, 0) is 89.3 Å². The highest BCUT2D eigenvalue weighted by atomic mass is 19.1. The van der Waals surface area contributed by atoms with Gasteiger partial charge in [-0.25, -0.2) is 4.39 Å². The molecule has 4 nitrogen and oxygen atoms in total. The van der Waals surface area contributed by atoms with Gasteiger partial charge in [-0.15, -0.1) is 0 Å². The van der Waals surface area contributed by atoms with Gasteiger partial charge in [0.1, 0.15) is 11.6 Å². The lowest BCUT2D eigenvalue weighted by atomic mass is 9.92. The van der Waals surface area contributed by atoms with Crippen molar-refractivity contribution in [3.05, 3.63) is 95.8 Å². The molecule has 4 aromatic rings. The van der Waals surface area contributed by atoms with Crippen molar-refractivity contribution in [1.82, 2.24) is 5.32 Å². The molecule has 5 heteroatoms. The second-order valence-corrected chi connectivity index (χ2v) is 9.47. The number of nitrogens with one attached hydrogen (secondary N) is 1. The zero-order chi connectivity index (χ0) is 25.1. The van der Waals surface area contributed by atoms with Crippen molar-refractivity contribution in [1.29, 1.82) is 0 Å². The van der Waals surface area contributed by atoms with Crippen LogP contribution >= 0.6 is 0 Å². The largest absolute Gasteiger partial charge is 0.497 e. The number of rotatable bonds is 7. The van der Waals surface area contributed by atoms with Crippen LogP contribution in [0, 0.1) is 5.82 Å². The van der Waals surface area contributed by atoms with Gasteiger partial charge in [0.05, 0.1) is 20.3 Å². The monoisotopic (exact) mass is 484 g/mol. The van der Waals surface area contributed by atoms with Gasteiger partial charge in [0.15, 0.2) is 0 Å². The van der Waals surface area contributed by atoms with Crippen molar-refractivity contribution >= 4 is 16.5 Å². The molecule has 2 atom stereocenters. The maximum absolute atomic E-state index is 14.9. The van der Waals surface area contributed by atoms with Gasteiger partial charge in [-0.3, -0.25) is 0 Å². The number of halogens is 1. The predicted octanol–water partition coefficient (Wildman–Crippen LogP) is 6.90. The molecule has 1 unspecified atom stereocenters. The van der Waals surface area contributed by atoms with Crippen molar-refractivity contribution in [2.24, 2.45) is 0 Å². The summed E-state index contributed by atoms with van der Waals surface area (Å²) in [5.41, 5.74) is 5.17. The van der Waals surface area contributed by atoms with Gasteiger partial charge in [-0.2, -0.15) is 0 Å². The zero-order valence-electron chi connectivity index (χ0n) is 21.1. The van der Waals surface area contributed by atoms with Gasteiger partial charge in [-0.1, -0.05) is 36.4 Å². The summed E-state index contributed by atoms with van der Waals surface area (Å²) >= 11 is 0. The number of fused-ring (bicyclic) bond motifs is 1. The van der Waals surface area contributed by atoms with Gasteiger partial charge in [0, 0.05) is 30.9 Å². The van der Waals surface area contributed by atoms with Crippen LogP contribution in [0.4, 0.5) is 10.1 Å². The average molecular weight is 485 g/mol. The Labute approximate surface area is 212 Å². The van der Waals surface area contributed by atoms with Crippen molar-refractivity contribution in [3.63, 3.8) is 0 Å². The number of nitrogens with zero attached hydrogens (tertiary/aromatic N) is 1. The number of ether oxygens (including phenoxy) is 2. The van der Waals surface area contributed by atoms with Crippen LogP contribution in [-0.2, 0) is 4.74 Å². The molecule has 0 bridgehead atoms. The van der Waals surface area contributed by atoms with Crippen LogP contribution in [0.2, 0.25) is 0 Å². The molecule has 4 aromatic carbocycles. The molecule has 0 amide bonds. The highest BCUT2D eigenvalue weighted by Crippen LogP contribution is 2.35. The summed E-state index contributed by atoms with van der Waals surface area (Å²) in [5, 5.41) is 5.99. The van der Waals surface area contributed by atoms with Crippen LogP contribution in [0.15, 0.2) is 78.9 Å². The normalized spacial score (nSPS) is 15.6. The van der Waals surface area contributed by atoms with Crippen LogP contribution in [0.25, 0.3) is 21.9 Å². The Kier molecular flexibility index (Phi) is 7.21. The number of morpholine rings is 1. The third-order valence-corrected chi connectivity index (χ3v) is 7.05. The predicted molar refractivity (Wildman–Crippen MR) is 145 cm³/mol. The second kappa shape index (κ2) is 10.7. The Bertz CT molecular complexity index is 1350. The first kappa shape index (κ1) is 24.3. The van der Waals surface area contributed by atoms with E-state index in [9.17, 15) is 4.39 Å². The summed E-state index contributed by atoms with van der Waals surface area (Å²) in [6.07, 6.45) is 0. The molecular weight excluding hydrogens is 451 g/mol. The standard InChI is InChI=1S/C31H33FN2O2/c1-21(23-8-6-9-29(18-23)35-3)33-22(2)25-15-24-7-4-5-10-30(24)31(19-25)26-16-27(32)20-28(17-26)34-11-13-36-14-12-34/h4-10,15-22,33H,11-14H2,1-3H3/t21-,22?/m1/s1. The van der Waals surface area contributed by atoms with E-state index in [1.165, 1.54) is 5.56 Å². The zero-order valence-corrected chi connectivity index (χ0v) is 21.1. The van der Waals surface area contributed by atoms with Gasteiger partial charge in [0.2, 0.25) is 0 Å². The summed E-state index contributed by atoms with van der Waals surface area (Å²) in [6, 6.07) is 26.5. The van der Waals surface area contributed by atoms with Crippen LogP contribution in [0.1, 0.15) is 37.1 Å². The van der Waals surface area contributed by atoms with Crippen LogP contribution in [-0.4, -0.2) is 33.4 Å². The first-order valence-electron chi connectivity index (χ1n) is 12.6. The maximum atomic E-state index is 14.9. The minimum Gasteiger partial charge on any atom is -0.497 e. The number of anilines is 1. The molecule has 1 saturated heterocycles. The highest BCUT2D eigenvalue weighted by Gasteiger charge is 2.17. The van der Waals surface area contributed by atoms with Crippen molar-refractivity contribution in [3.8, 4) is 16.9 Å². The van der Waals surface area contributed by atoms with E-state index in [4.69, 9.17) is 9.47 Å². The van der Waals surface area contributed by atoms with E-state index in [1.807, 2.05) is 18.2 Å². The summed E-state index contributed by atoms with van der Waals surface area (Å²) in [6.45, 7) is 7.21. The summed E-state index contributed by atoms with van der Waals surface area (Å²) < 4.78 is 25.8. The molecule has 0 aliphatic carbocycles. The molecular formula is C31H33FN2O2. The first-order valence-corrected chi connectivity index (χ1v) is 12.6. The Balaban J connectivity index is 1.51. The van der Waals surface area contributed by atoms with Crippen molar-refractivity contribution in [2.45, 2.75) is 25.9 Å². The third kappa shape index (κ3) is 5.23. The van der Waals surface area contributed by atoms with E-state index < -0.39 is 0 Å². The fourth-order valence-corrected chi connectivity index (χ4v) is 5.03. The molecule has 1 heterocycles. The van der Waals surface area contributed by atoms with Gasteiger partial charge < -0.3 is 19.7 Å². The second-order valence-electron chi connectivity index (χ2n) is 9.47. The Morgan fingerprint density at radius 2 is 1.64 bits per heavy atom. The summed E-state index contributed by atoms with van der Waals surface area (Å²) in [4.78, 5) is 2.20. The SMILES string of the molecule is COc1cccc([C@@H](C)NC(C)c2cc(-c3cc(F)cc(N4CCOCC4)c3)c3ccccc3c2)c1. The average Bonchev–Trinajstić information content (AvgIpc) is 2.92. The lowest BCUT2D eigenvalue weighted by molar-refractivity contribution is 0.122. The van der Waals surface area contributed by atoms with E-state index in [2.05, 4.69) is 72.6 Å². The summed E-state index contributed by atoms with van der Waals surface area (Å²) in [5.74, 6) is 0.630. The fourth-order valence-electron chi connectivity index (χ4n) is 5.03. The van der Waals surface area contributed by atoms with Crippen LogP contribution in [0.5, 0.6) is 5.75 Å². The topological polar surface area (TPSA) is 33.7 Å². The third-order valence-electron chi connectivity index (χ3n) is 7.05. The molecule has 1 fully saturated rings.